The molecule has 1 amide bonds. The molecule has 0 spiro atoms. The summed E-state index contributed by atoms with van der Waals surface area (Å²) in [6.45, 7) is 3.63. The highest BCUT2D eigenvalue weighted by molar-refractivity contribution is 5.75. The second-order valence-corrected chi connectivity index (χ2v) is 4.70. The molecule has 0 saturated carbocycles. The van der Waals surface area contributed by atoms with Gasteiger partial charge in [0.05, 0.1) is 0 Å². The molecule has 0 aromatic carbocycles. The van der Waals surface area contributed by atoms with Crippen molar-refractivity contribution in [1.82, 2.24) is 4.90 Å². The molecule has 1 aliphatic heterocycles. The summed E-state index contributed by atoms with van der Waals surface area (Å²) in [6, 6.07) is 8.48. The van der Waals surface area contributed by atoms with Gasteiger partial charge in [0.25, 0.3) is 0 Å². The zero-order chi connectivity index (χ0) is 12.3. The van der Waals surface area contributed by atoms with Crippen LogP contribution >= 0.6 is 0 Å². The number of amides is 1. The standard InChI is InChI=1S/C8H15NO2.C6H4/c1-2-7-3-5-9(6-4-7)8(10)11;1-2-6-4-3-5(1)6/h7H,2-6H2,1H3,(H,10,11);1-4H. The molecule has 1 saturated heterocycles. The smallest absolute Gasteiger partial charge is 0.407 e. The van der Waals surface area contributed by atoms with Crippen molar-refractivity contribution in [1.29, 1.82) is 0 Å². The zero-order valence-corrected chi connectivity index (χ0v) is 10.2. The van der Waals surface area contributed by atoms with Crippen LogP contribution in [0.5, 0.6) is 0 Å². The van der Waals surface area contributed by atoms with Crippen LogP contribution in [0.3, 0.4) is 0 Å². The summed E-state index contributed by atoms with van der Waals surface area (Å²) in [4.78, 5) is 12.0. The van der Waals surface area contributed by atoms with Crippen molar-refractivity contribution in [2.75, 3.05) is 13.1 Å². The van der Waals surface area contributed by atoms with Crippen molar-refractivity contribution in [2.45, 2.75) is 26.2 Å². The van der Waals surface area contributed by atoms with Crippen LogP contribution in [0.4, 0.5) is 4.79 Å². The SMILES string of the molecule is CCC1CCN(C(=O)O)CC1.c1cc2ccc1-2. The summed E-state index contributed by atoms with van der Waals surface area (Å²) in [5.74, 6) is 0.755. The molecule has 3 rings (SSSR count). The maximum Gasteiger partial charge on any atom is 0.407 e. The highest BCUT2D eigenvalue weighted by Gasteiger charge is 2.20. The van der Waals surface area contributed by atoms with E-state index in [-0.39, 0.29) is 0 Å². The molecule has 3 aliphatic rings. The lowest BCUT2D eigenvalue weighted by Crippen LogP contribution is -2.37. The van der Waals surface area contributed by atoms with E-state index in [0.29, 0.717) is 0 Å². The molecule has 2 aliphatic carbocycles. The van der Waals surface area contributed by atoms with Gasteiger partial charge in [0, 0.05) is 13.1 Å². The zero-order valence-electron chi connectivity index (χ0n) is 10.2. The minimum absolute atomic E-state index is 0.730. The van der Waals surface area contributed by atoms with Crippen molar-refractivity contribution in [3.63, 3.8) is 0 Å². The minimum Gasteiger partial charge on any atom is -0.465 e. The van der Waals surface area contributed by atoms with Gasteiger partial charge in [-0.1, -0.05) is 37.6 Å². The summed E-state index contributed by atoms with van der Waals surface area (Å²) in [5, 5.41) is 8.62. The maximum absolute atomic E-state index is 10.5. The molecule has 92 valence electrons. The van der Waals surface area contributed by atoms with Gasteiger partial charge in [-0.05, 0) is 29.9 Å². The average Bonchev–Trinajstić information content (AvgIpc) is 2.34. The van der Waals surface area contributed by atoms with Crippen LogP contribution in [-0.4, -0.2) is 29.2 Å². The van der Waals surface area contributed by atoms with Crippen LogP contribution in [0, 0.1) is 5.92 Å². The number of benzene rings is 1. The van der Waals surface area contributed by atoms with Gasteiger partial charge in [-0.2, -0.15) is 0 Å². The fourth-order valence-corrected chi connectivity index (χ4v) is 2.20. The third-order valence-corrected chi connectivity index (χ3v) is 3.68. The molecule has 1 fully saturated rings. The van der Waals surface area contributed by atoms with Gasteiger partial charge in [0.15, 0.2) is 0 Å². The average molecular weight is 233 g/mol. The first kappa shape index (κ1) is 12.0. The van der Waals surface area contributed by atoms with Gasteiger partial charge >= 0.3 is 6.09 Å². The summed E-state index contributed by atoms with van der Waals surface area (Å²) >= 11 is 0. The van der Waals surface area contributed by atoms with Gasteiger partial charge in [-0.15, -0.1) is 0 Å². The molecule has 0 bridgehead atoms. The first-order valence-electron chi connectivity index (χ1n) is 6.29. The van der Waals surface area contributed by atoms with Crippen LogP contribution in [0.25, 0.3) is 11.1 Å². The number of hydrogen-bond donors (Lipinski definition) is 1. The second-order valence-electron chi connectivity index (χ2n) is 4.70. The Morgan fingerprint density at radius 2 is 1.71 bits per heavy atom. The number of nitrogens with zero attached hydrogens (tertiary/aromatic N) is 1. The summed E-state index contributed by atoms with van der Waals surface area (Å²) in [6.07, 6.45) is 2.51. The van der Waals surface area contributed by atoms with Gasteiger partial charge in [0.1, 0.15) is 0 Å². The third-order valence-electron chi connectivity index (χ3n) is 3.68. The number of hydrogen-bond acceptors (Lipinski definition) is 1. The number of fused-ring (bicyclic) bond motifs is 1. The number of carbonyl (C=O) groups is 1. The summed E-state index contributed by atoms with van der Waals surface area (Å²) < 4.78 is 0. The van der Waals surface area contributed by atoms with Crippen molar-refractivity contribution in [3.05, 3.63) is 24.3 Å². The number of piperidine rings is 1. The van der Waals surface area contributed by atoms with E-state index in [2.05, 4.69) is 31.2 Å². The Labute approximate surface area is 102 Å². The molecule has 17 heavy (non-hydrogen) atoms. The van der Waals surface area contributed by atoms with E-state index in [1.807, 2.05) is 0 Å². The number of rotatable bonds is 1. The van der Waals surface area contributed by atoms with Gasteiger partial charge in [-0.3, -0.25) is 0 Å². The second kappa shape index (κ2) is 5.21. The molecular formula is C14H19NO2. The van der Waals surface area contributed by atoms with E-state index in [4.69, 9.17) is 5.11 Å². The highest BCUT2D eigenvalue weighted by Crippen LogP contribution is 2.29. The van der Waals surface area contributed by atoms with Crippen LogP contribution in [-0.2, 0) is 0 Å². The van der Waals surface area contributed by atoms with E-state index in [1.54, 1.807) is 0 Å². The Hall–Kier alpha value is -1.51. The van der Waals surface area contributed by atoms with Crippen LogP contribution in [0.1, 0.15) is 26.2 Å². The Morgan fingerprint density at radius 3 is 1.94 bits per heavy atom. The third kappa shape index (κ3) is 2.78. The minimum atomic E-state index is -0.764. The summed E-state index contributed by atoms with van der Waals surface area (Å²) in [5.41, 5.74) is 2.85. The Balaban J connectivity index is 0.000000148. The van der Waals surface area contributed by atoms with E-state index in [0.717, 1.165) is 31.8 Å². The van der Waals surface area contributed by atoms with Gasteiger partial charge in [-0.25, -0.2) is 4.79 Å². The summed E-state index contributed by atoms with van der Waals surface area (Å²) in [7, 11) is 0. The Morgan fingerprint density at radius 1 is 1.24 bits per heavy atom. The molecular weight excluding hydrogens is 214 g/mol. The quantitative estimate of drug-likeness (QED) is 0.819. The predicted molar refractivity (Wildman–Crippen MR) is 68.0 cm³/mol. The number of likely N-dealkylation sites (tertiary alicyclic amines) is 1. The Bertz CT molecular complexity index is 357. The lowest BCUT2D eigenvalue weighted by molar-refractivity contribution is 0.124. The van der Waals surface area contributed by atoms with Crippen molar-refractivity contribution >= 4 is 6.09 Å². The lowest BCUT2D eigenvalue weighted by Gasteiger charge is -2.29. The van der Waals surface area contributed by atoms with E-state index >= 15 is 0 Å². The van der Waals surface area contributed by atoms with E-state index in [9.17, 15) is 4.79 Å². The molecule has 1 heterocycles. The molecule has 0 unspecified atom stereocenters. The normalized spacial score (nSPS) is 17.1. The first-order chi connectivity index (χ1) is 8.20. The molecule has 1 N–H and O–H groups in total. The topological polar surface area (TPSA) is 40.5 Å². The predicted octanol–water partition coefficient (Wildman–Crippen LogP) is 3.45. The Kier molecular flexibility index (Phi) is 3.67. The van der Waals surface area contributed by atoms with E-state index in [1.165, 1.54) is 22.4 Å². The van der Waals surface area contributed by atoms with E-state index < -0.39 is 6.09 Å². The molecule has 0 radical (unpaired) electrons. The van der Waals surface area contributed by atoms with Crippen molar-refractivity contribution in [2.24, 2.45) is 5.92 Å². The number of carboxylic acid groups (broad SMARTS) is 1. The molecule has 0 aromatic rings. The largest absolute Gasteiger partial charge is 0.465 e. The molecule has 3 heteroatoms. The fraction of sp³-hybridized carbons (Fsp3) is 0.500. The van der Waals surface area contributed by atoms with Crippen LogP contribution in [0.2, 0.25) is 0 Å². The highest BCUT2D eigenvalue weighted by atomic mass is 16.4. The molecule has 3 nitrogen and oxygen atoms in total. The van der Waals surface area contributed by atoms with Crippen LogP contribution < -0.4 is 0 Å². The molecule has 0 atom stereocenters. The van der Waals surface area contributed by atoms with Crippen LogP contribution in [0.15, 0.2) is 24.3 Å². The monoisotopic (exact) mass is 233 g/mol. The lowest BCUT2D eigenvalue weighted by atomic mass is 9.95. The first-order valence-corrected chi connectivity index (χ1v) is 6.29. The van der Waals surface area contributed by atoms with Crippen molar-refractivity contribution < 1.29 is 9.90 Å². The molecule has 0 aromatic heterocycles. The van der Waals surface area contributed by atoms with Gasteiger partial charge in [0.2, 0.25) is 0 Å². The van der Waals surface area contributed by atoms with Crippen molar-refractivity contribution in [3.8, 4) is 11.1 Å². The maximum atomic E-state index is 10.5. The van der Waals surface area contributed by atoms with Gasteiger partial charge < -0.3 is 10.0 Å². The fourth-order valence-electron chi connectivity index (χ4n) is 2.20.